The van der Waals surface area contributed by atoms with E-state index < -0.39 is 7.12 Å². The van der Waals surface area contributed by atoms with Gasteiger partial charge in [-0.1, -0.05) is 44.7 Å². The van der Waals surface area contributed by atoms with E-state index in [1.807, 2.05) is 23.1 Å². The minimum atomic E-state index is -0.410. The molecule has 0 radical (unpaired) electrons. The van der Waals surface area contributed by atoms with Crippen molar-refractivity contribution >= 4 is 18.5 Å². The third-order valence-corrected chi connectivity index (χ3v) is 6.12. The lowest BCUT2D eigenvalue weighted by atomic mass is 9.75. The Morgan fingerprint density at radius 3 is 2.35 bits per heavy atom. The normalized spacial score (nSPS) is 20.7. The maximum atomic E-state index is 12.8. The van der Waals surface area contributed by atoms with E-state index in [1.165, 1.54) is 25.7 Å². The maximum absolute atomic E-state index is 12.8. The first-order valence-electron chi connectivity index (χ1n) is 10.0. The summed E-state index contributed by atoms with van der Waals surface area (Å²) < 4.78 is 12.4. The Balaban J connectivity index is 1.72. The van der Waals surface area contributed by atoms with Gasteiger partial charge in [-0.05, 0) is 51.2 Å². The molecule has 1 amide bonds. The molecule has 0 unspecified atom stereocenters. The van der Waals surface area contributed by atoms with Crippen LogP contribution in [0.3, 0.4) is 0 Å². The predicted octanol–water partition coefficient (Wildman–Crippen LogP) is 3.91. The van der Waals surface area contributed by atoms with E-state index in [0.29, 0.717) is 6.54 Å². The van der Waals surface area contributed by atoms with Gasteiger partial charge in [0.1, 0.15) is 0 Å². The standard InChI is InChI=1S/C21H32BNO3/c1-6-7-8-9-10-14-23-15-17-16(19(23)24)12-11-13-18(17)22-25-20(2,3)21(4,5)26-22/h11-13H,6-10,14-15H2,1-5H3. The topological polar surface area (TPSA) is 38.8 Å². The summed E-state index contributed by atoms with van der Waals surface area (Å²) in [4.78, 5) is 14.8. The number of benzene rings is 1. The zero-order valence-corrected chi connectivity index (χ0v) is 16.9. The lowest BCUT2D eigenvalue weighted by Gasteiger charge is -2.32. The lowest BCUT2D eigenvalue weighted by Crippen LogP contribution is -2.41. The minimum absolute atomic E-state index is 0.147. The molecule has 2 aliphatic heterocycles. The van der Waals surface area contributed by atoms with Gasteiger partial charge < -0.3 is 14.2 Å². The van der Waals surface area contributed by atoms with Crippen LogP contribution in [0.25, 0.3) is 0 Å². The van der Waals surface area contributed by atoms with Gasteiger partial charge in [0.05, 0.1) is 11.2 Å². The van der Waals surface area contributed by atoms with Crippen LogP contribution in [0.2, 0.25) is 0 Å². The van der Waals surface area contributed by atoms with Gasteiger partial charge in [-0.3, -0.25) is 4.79 Å². The molecule has 0 saturated carbocycles. The summed E-state index contributed by atoms with van der Waals surface area (Å²) >= 11 is 0. The number of amides is 1. The van der Waals surface area contributed by atoms with Crippen LogP contribution < -0.4 is 5.46 Å². The van der Waals surface area contributed by atoms with Crippen molar-refractivity contribution in [3.05, 3.63) is 29.3 Å². The molecular formula is C21H32BNO3. The molecule has 3 rings (SSSR count). The van der Waals surface area contributed by atoms with Crippen LogP contribution in [-0.2, 0) is 15.9 Å². The highest BCUT2D eigenvalue weighted by molar-refractivity contribution is 6.62. The molecule has 2 aliphatic rings. The quantitative estimate of drug-likeness (QED) is 0.549. The van der Waals surface area contributed by atoms with Gasteiger partial charge in [0, 0.05) is 18.7 Å². The Morgan fingerprint density at radius 2 is 1.69 bits per heavy atom. The van der Waals surface area contributed by atoms with Crippen molar-refractivity contribution in [1.29, 1.82) is 0 Å². The van der Waals surface area contributed by atoms with Crippen LogP contribution in [0.1, 0.15) is 82.6 Å². The first-order chi connectivity index (χ1) is 12.3. The number of hydrogen-bond acceptors (Lipinski definition) is 3. The van der Waals surface area contributed by atoms with Crippen molar-refractivity contribution in [3.63, 3.8) is 0 Å². The molecule has 0 aromatic heterocycles. The maximum Gasteiger partial charge on any atom is 0.495 e. The van der Waals surface area contributed by atoms with E-state index in [1.54, 1.807) is 0 Å². The molecule has 1 aromatic rings. The predicted molar refractivity (Wildman–Crippen MR) is 106 cm³/mol. The van der Waals surface area contributed by atoms with Crippen LogP contribution in [-0.4, -0.2) is 35.7 Å². The average molecular weight is 357 g/mol. The van der Waals surface area contributed by atoms with Crippen LogP contribution >= 0.6 is 0 Å². The second-order valence-electron chi connectivity index (χ2n) is 8.60. The van der Waals surface area contributed by atoms with Gasteiger partial charge in [0.15, 0.2) is 0 Å². The van der Waals surface area contributed by atoms with Crippen LogP contribution in [0, 0.1) is 0 Å². The van der Waals surface area contributed by atoms with Gasteiger partial charge in [-0.2, -0.15) is 0 Å². The van der Waals surface area contributed by atoms with E-state index in [9.17, 15) is 4.79 Å². The van der Waals surface area contributed by atoms with Gasteiger partial charge in [-0.15, -0.1) is 0 Å². The highest BCUT2D eigenvalue weighted by Crippen LogP contribution is 2.37. The summed E-state index contributed by atoms with van der Waals surface area (Å²) in [7, 11) is -0.410. The number of unbranched alkanes of at least 4 members (excludes halogenated alkanes) is 4. The Bertz CT molecular complexity index is 655. The third kappa shape index (κ3) is 3.56. The molecule has 0 bridgehead atoms. The summed E-state index contributed by atoms with van der Waals surface area (Å²) in [5.74, 6) is 0.147. The largest absolute Gasteiger partial charge is 0.495 e. The Hall–Kier alpha value is -1.33. The van der Waals surface area contributed by atoms with E-state index in [2.05, 4.69) is 34.6 Å². The number of carbonyl (C=O) groups excluding carboxylic acids is 1. The molecule has 4 nitrogen and oxygen atoms in total. The minimum Gasteiger partial charge on any atom is -0.399 e. The van der Waals surface area contributed by atoms with Crippen LogP contribution in [0.4, 0.5) is 0 Å². The molecule has 1 aromatic carbocycles. The van der Waals surface area contributed by atoms with E-state index in [0.717, 1.165) is 29.6 Å². The van der Waals surface area contributed by atoms with Gasteiger partial charge in [0.2, 0.25) is 0 Å². The van der Waals surface area contributed by atoms with Crippen molar-refractivity contribution in [2.45, 2.75) is 84.5 Å². The first-order valence-corrected chi connectivity index (χ1v) is 10.0. The van der Waals surface area contributed by atoms with Gasteiger partial charge in [-0.25, -0.2) is 0 Å². The van der Waals surface area contributed by atoms with E-state index in [-0.39, 0.29) is 17.1 Å². The molecule has 2 heterocycles. The summed E-state index contributed by atoms with van der Waals surface area (Å²) in [5.41, 5.74) is 2.14. The Kier molecular flexibility index (Phi) is 5.50. The smallest absolute Gasteiger partial charge is 0.399 e. The fourth-order valence-electron chi connectivity index (χ4n) is 3.69. The SMILES string of the molecule is CCCCCCCN1Cc2c(B3OC(C)(C)C(C)(C)O3)cccc2C1=O. The molecule has 26 heavy (non-hydrogen) atoms. The molecular weight excluding hydrogens is 325 g/mol. The fraction of sp³-hybridized carbons (Fsp3) is 0.667. The molecule has 5 heteroatoms. The highest BCUT2D eigenvalue weighted by Gasteiger charge is 2.52. The fourth-order valence-corrected chi connectivity index (χ4v) is 3.69. The summed E-state index contributed by atoms with van der Waals surface area (Å²) in [6.45, 7) is 12.0. The van der Waals surface area contributed by atoms with Crippen molar-refractivity contribution in [3.8, 4) is 0 Å². The summed E-state index contributed by atoms with van der Waals surface area (Å²) in [5, 5.41) is 0. The van der Waals surface area contributed by atoms with E-state index in [4.69, 9.17) is 9.31 Å². The van der Waals surface area contributed by atoms with Crippen molar-refractivity contribution < 1.29 is 14.1 Å². The molecule has 0 N–H and O–H groups in total. The molecule has 1 saturated heterocycles. The first kappa shape index (κ1) is 19.4. The lowest BCUT2D eigenvalue weighted by molar-refractivity contribution is 0.00578. The number of rotatable bonds is 7. The Labute approximate surface area is 158 Å². The third-order valence-electron chi connectivity index (χ3n) is 6.12. The number of hydrogen-bond donors (Lipinski definition) is 0. The van der Waals surface area contributed by atoms with Crippen molar-refractivity contribution in [2.75, 3.05) is 6.54 Å². The Morgan fingerprint density at radius 1 is 1.04 bits per heavy atom. The molecule has 1 fully saturated rings. The van der Waals surface area contributed by atoms with Gasteiger partial charge in [0.25, 0.3) is 5.91 Å². The highest BCUT2D eigenvalue weighted by atomic mass is 16.7. The molecule has 0 spiro atoms. The summed E-state index contributed by atoms with van der Waals surface area (Å²) in [6, 6.07) is 5.92. The van der Waals surface area contributed by atoms with Gasteiger partial charge >= 0.3 is 7.12 Å². The zero-order chi connectivity index (χ0) is 18.9. The second kappa shape index (κ2) is 7.36. The molecule has 0 atom stereocenters. The number of fused-ring (bicyclic) bond motifs is 1. The van der Waals surface area contributed by atoms with Crippen molar-refractivity contribution in [2.24, 2.45) is 0 Å². The van der Waals surface area contributed by atoms with E-state index >= 15 is 0 Å². The zero-order valence-electron chi connectivity index (χ0n) is 16.9. The van der Waals surface area contributed by atoms with Crippen LogP contribution in [0.5, 0.6) is 0 Å². The average Bonchev–Trinajstić information content (AvgIpc) is 3.00. The summed E-state index contributed by atoms with van der Waals surface area (Å²) in [6.07, 6.45) is 6.04. The number of nitrogens with zero attached hydrogens (tertiary/aromatic N) is 1. The monoisotopic (exact) mass is 357 g/mol. The molecule has 142 valence electrons. The van der Waals surface area contributed by atoms with Crippen LogP contribution in [0.15, 0.2) is 18.2 Å². The number of carbonyl (C=O) groups is 1. The van der Waals surface area contributed by atoms with Crippen molar-refractivity contribution in [1.82, 2.24) is 4.90 Å². The molecule has 0 aliphatic carbocycles. The second-order valence-corrected chi connectivity index (χ2v) is 8.60.